The quantitative estimate of drug-likeness (QED) is 0.703. The van der Waals surface area contributed by atoms with Gasteiger partial charge < -0.3 is 10.1 Å². The van der Waals surface area contributed by atoms with Crippen LogP contribution in [0.4, 0.5) is 0 Å². The van der Waals surface area contributed by atoms with Gasteiger partial charge in [-0.15, -0.1) is 0 Å². The van der Waals surface area contributed by atoms with Gasteiger partial charge in [-0.3, -0.25) is 4.98 Å². The first-order chi connectivity index (χ1) is 8.31. The van der Waals surface area contributed by atoms with Crippen LogP contribution in [0, 0.1) is 0 Å². The van der Waals surface area contributed by atoms with Crippen LogP contribution in [0.15, 0.2) is 18.5 Å². The first-order valence-electron chi connectivity index (χ1n) is 6.56. The summed E-state index contributed by atoms with van der Waals surface area (Å²) >= 11 is 0. The number of ether oxygens (including phenoxy) is 1. The lowest BCUT2D eigenvalue weighted by atomic mass is 10.0. The number of rotatable bonds is 8. The van der Waals surface area contributed by atoms with Crippen molar-refractivity contribution in [2.75, 3.05) is 13.7 Å². The number of nitrogens with zero attached hydrogens (tertiary/aromatic N) is 1. The number of unbranched alkanes of at least 4 members (excludes halogenated alkanes) is 2. The molecule has 96 valence electrons. The third kappa shape index (κ3) is 4.73. The lowest BCUT2D eigenvalue weighted by molar-refractivity contribution is 0.337. The molecule has 0 aliphatic heterocycles. The molecule has 0 fully saturated rings. The molecular weight excluding hydrogens is 212 g/mol. The van der Waals surface area contributed by atoms with Gasteiger partial charge >= 0.3 is 0 Å². The zero-order valence-electron chi connectivity index (χ0n) is 11.2. The minimum atomic E-state index is 0.384. The van der Waals surface area contributed by atoms with Crippen LogP contribution in [0.1, 0.15) is 51.1 Å². The minimum Gasteiger partial charge on any atom is -0.492 e. The summed E-state index contributed by atoms with van der Waals surface area (Å²) in [5, 5.41) is 3.35. The van der Waals surface area contributed by atoms with Crippen LogP contribution in [-0.4, -0.2) is 18.6 Å². The van der Waals surface area contributed by atoms with Crippen molar-refractivity contribution < 1.29 is 4.74 Å². The standard InChI is InChI=1S/C14H24N2O/c1-4-6-7-8-14(15-3)12-9-13(17-5-2)11-16-10-12/h9-11,14-15H,4-8H2,1-3H3. The van der Waals surface area contributed by atoms with Gasteiger partial charge in [0.25, 0.3) is 0 Å². The average molecular weight is 236 g/mol. The van der Waals surface area contributed by atoms with E-state index in [0.717, 1.165) is 12.2 Å². The molecule has 0 amide bonds. The van der Waals surface area contributed by atoms with Crippen LogP contribution in [0.25, 0.3) is 0 Å². The monoisotopic (exact) mass is 236 g/mol. The average Bonchev–Trinajstić information content (AvgIpc) is 2.35. The SMILES string of the molecule is CCCCCC(NC)c1cncc(OCC)c1. The van der Waals surface area contributed by atoms with E-state index in [9.17, 15) is 0 Å². The summed E-state index contributed by atoms with van der Waals surface area (Å²) in [4.78, 5) is 4.24. The Morgan fingerprint density at radius 3 is 2.76 bits per heavy atom. The van der Waals surface area contributed by atoms with Gasteiger partial charge in [0.2, 0.25) is 0 Å². The molecule has 0 saturated carbocycles. The maximum absolute atomic E-state index is 5.48. The molecule has 1 aromatic rings. The summed E-state index contributed by atoms with van der Waals surface area (Å²) in [6, 6.07) is 2.47. The van der Waals surface area contributed by atoms with Gasteiger partial charge in [0.1, 0.15) is 5.75 Å². The molecule has 0 aliphatic rings. The van der Waals surface area contributed by atoms with E-state index in [4.69, 9.17) is 4.74 Å². The Morgan fingerprint density at radius 1 is 1.29 bits per heavy atom. The second kappa shape index (κ2) is 8.07. The second-order valence-electron chi connectivity index (χ2n) is 4.22. The Hall–Kier alpha value is -1.09. The predicted molar refractivity (Wildman–Crippen MR) is 71.3 cm³/mol. The molecule has 1 aromatic heterocycles. The molecule has 3 nitrogen and oxygen atoms in total. The third-order valence-corrected chi connectivity index (χ3v) is 2.89. The van der Waals surface area contributed by atoms with Gasteiger partial charge in [0, 0.05) is 12.2 Å². The number of hydrogen-bond donors (Lipinski definition) is 1. The van der Waals surface area contributed by atoms with Crippen molar-refractivity contribution in [3.05, 3.63) is 24.0 Å². The number of hydrogen-bond acceptors (Lipinski definition) is 3. The first-order valence-corrected chi connectivity index (χ1v) is 6.56. The lowest BCUT2D eigenvalue weighted by Gasteiger charge is -2.16. The van der Waals surface area contributed by atoms with Crippen molar-refractivity contribution >= 4 is 0 Å². The molecule has 1 unspecified atom stereocenters. The summed E-state index contributed by atoms with van der Waals surface area (Å²) in [6.07, 6.45) is 8.65. The summed E-state index contributed by atoms with van der Waals surface area (Å²) in [5.41, 5.74) is 1.22. The molecule has 0 aromatic carbocycles. The normalized spacial score (nSPS) is 12.4. The molecule has 0 radical (unpaired) electrons. The smallest absolute Gasteiger partial charge is 0.137 e. The molecule has 0 aliphatic carbocycles. The van der Waals surface area contributed by atoms with E-state index in [1.54, 1.807) is 6.20 Å². The Labute approximate surface area is 105 Å². The van der Waals surface area contributed by atoms with E-state index in [1.165, 1.54) is 24.8 Å². The van der Waals surface area contributed by atoms with Crippen LogP contribution in [-0.2, 0) is 0 Å². The summed E-state index contributed by atoms with van der Waals surface area (Å²) in [7, 11) is 2.00. The van der Waals surface area contributed by atoms with E-state index in [0.29, 0.717) is 12.6 Å². The molecule has 17 heavy (non-hydrogen) atoms. The van der Waals surface area contributed by atoms with Gasteiger partial charge in [-0.1, -0.05) is 26.2 Å². The van der Waals surface area contributed by atoms with E-state index in [1.807, 2.05) is 20.2 Å². The van der Waals surface area contributed by atoms with Crippen LogP contribution in [0.5, 0.6) is 5.75 Å². The topological polar surface area (TPSA) is 34.2 Å². The number of pyridine rings is 1. The third-order valence-electron chi connectivity index (χ3n) is 2.89. The van der Waals surface area contributed by atoms with Crippen molar-refractivity contribution in [2.45, 2.75) is 45.6 Å². The van der Waals surface area contributed by atoms with Gasteiger partial charge in [-0.05, 0) is 32.0 Å². The van der Waals surface area contributed by atoms with Crippen LogP contribution < -0.4 is 10.1 Å². The Balaban J connectivity index is 2.63. The molecule has 3 heteroatoms. The van der Waals surface area contributed by atoms with E-state index >= 15 is 0 Å². The fourth-order valence-corrected chi connectivity index (χ4v) is 1.95. The fourth-order valence-electron chi connectivity index (χ4n) is 1.95. The van der Waals surface area contributed by atoms with Crippen LogP contribution >= 0.6 is 0 Å². The molecule has 1 rings (SSSR count). The van der Waals surface area contributed by atoms with Gasteiger partial charge in [-0.25, -0.2) is 0 Å². The Kier molecular flexibility index (Phi) is 6.63. The fraction of sp³-hybridized carbons (Fsp3) is 0.643. The van der Waals surface area contributed by atoms with Gasteiger partial charge in [0.05, 0.1) is 12.8 Å². The van der Waals surface area contributed by atoms with E-state index in [2.05, 4.69) is 23.3 Å². The van der Waals surface area contributed by atoms with Crippen molar-refractivity contribution in [2.24, 2.45) is 0 Å². The van der Waals surface area contributed by atoms with E-state index < -0.39 is 0 Å². The van der Waals surface area contributed by atoms with Crippen molar-refractivity contribution in [3.63, 3.8) is 0 Å². The highest BCUT2D eigenvalue weighted by atomic mass is 16.5. The van der Waals surface area contributed by atoms with Crippen molar-refractivity contribution in [1.82, 2.24) is 10.3 Å². The highest BCUT2D eigenvalue weighted by Crippen LogP contribution is 2.22. The van der Waals surface area contributed by atoms with E-state index in [-0.39, 0.29) is 0 Å². The maximum Gasteiger partial charge on any atom is 0.137 e. The number of nitrogens with one attached hydrogen (secondary N) is 1. The highest BCUT2D eigenvalue weighted by molar-refractivity contribution is 5.25. The van der Waals surface area contributed by atoms with Crippen molar-refractivity contribution in [3.8, 4) is 5.75 Å². The molecular formula is C14H24N2O. The zero-order valence-corrected chi connectivity index (χ0v) is 11.2. The predicted octanol–water partition coefficient (Wildman–Crippen LogP) is 3.32. The second-order valence-corrected chi connectivity index (χ2v) is 4.22. The minimum absolute atomic E-state index is 0.384. The number of aromatic nitrogens is 1. The van der Waals surface area contributed by atoms with Crippen LogP contribution in [0.2, 0.25) is 0 Å². The van der Waals surface area contributed by atoms with Crippen LogP contribution in [0.3, 0.4) is 0 Å². The molecule has 0 saturated heterocycles. The first kappa shape index (κ1) is 14.0. The largest absolute Gasteiger partial charge is 0.492 e. The summed E-state index contributed by atoms with van der Waals surface area (Å²) in [5.74, 6) is 0.862. The molecule has 1 heterocycles. The molecule has 0 spiro atoms. The maximum atomic E-state index is 5.48. The molecule has 1 atom stereocenters. The molecule has 0 bridgehead atoms. The Morgan fingerprint density at radius 2 is 2.12 bits per heavy atom. The molecule has 1 N–H and O–H groups in total. The Bertz CT molecular complexity index is 315. The highest BCUT2D eigenvalue weighted by Gasteiger charge is 2.09. The van der Waals surface area contributed by atoms with Crippen molar-refractivity contribution in [1.29, 1.82) is 0 Å². The summed E-state index contributed by atoms with van der Waals surface area (Å²) in [6.45, 7) is 4.90. The lowest BCUT2D eigenvalue weighted by Crippen LogP contribution is -2.16. The zero-order chi connectivity index (χ0) is 12.5. The van der Waals surface area contributed by atoms with Gasteiger partial charge in [-0.2, -0.15) is 0 Å². The van der Waals surface area contributed by atoms with Gasteiger partial charge in [0.15, 0.2) is 0 Å². The summed E-state index contributed by atoms with van der Waals surface area (Å²) < 4.78 is 5.48.